The molecule has 0 saturated carbocycles. The Morgan fingerprint density at radius 2 is 1.70 bits per heavy atom. The number of benzene rings is 2. The molecule has 0 atom stereocenters. The molecular formula is C23H26O4. The van der Waals surface area contributed by atoms with Crippen molar-refractivity contribution < 1.29 is 19.0 Å². The van der Waals surface area contributed by atoms with Gasteiger partial charge in [-0.25, -0.2) is 0 Å². The van der Waals surface area contributed by atoms with Crippen LogP contribution < -0.4 is 14.2 Å². The van der Waals surface area contributed by atoms with Gasteiger partial charge in [-0.2, -0.15) is 0 Å². The molecule has 4 heteroatoms. The number of allylic oxidation sites excluding steroid dienone is 1. The van der Waals surface area contributed by atoms with Gasteiger partial charge in [-0.3, -0.25) is 4.79 Å². The zero-order valence-corrected chi connectivity index (χ0v) is 16.2. The molecule has 0 spiro atoms. The smallest absolute Gasteiger partial charge is 0.185 e. The van der Waals surface area contributed by atoms with E-state index in [0.717, 1.165) is 16.9 Å². The average Bonchev–Trinajstić information content (AvgIpc) is 2.68. The molecule has 2 aromatic carbocycles. The summed E-state index contributed by atoms with van der Waals surface area (Å²) in [6, 6.07) is 10.9. The van der Waals surface area contributed by atoms with Gasteiger partial charge in [-0.1, -0.05) is 18.7 Å². The molecule has 0 bridgehead atoms. The molecule has 0 aliphatic heterocycles. The zero-order valence-electron chi connectivity index (χ0n) is 16.2. The van der Waals surface area contributed by atoms with E-state index in [1.54, 1.807) is 42.5 Å². The number of aryl methyl sites for hydroxylation is 1. The van der Waals surface area contributed by atoms with Gasteiger partial charge in [0, 0.05) is 5.56 Å². The molecule has 0 unspecified atom stereocenters. The quantitative estimate of drug-likeness (QED) is 0.327. The highest BCUT2D eigenvalue weighted by Gasteiger charge is 2.12. The molecule has 0 aliphatic rings. The highest BCUT2D eigenvalue weighted by molar-refractivity contribution is 6.07. The van der Waals surface area contributed by atoms with Gasteiger partial charge >= 0.3 is 0 Å². The van der Waals surface area contributed by atoms with Crippen LogP contribution in [0.3, 0.4) is 0 Å². The number of rotatable bonds is 10. The third-order valence-corrected chi connectivity index (χ3v) is 3.85. The lowest BCUT2D eigenvalue weighted by molar-refractivity contribution is 0.104. The first-order chi connectivity index (χ1) is 13.1. The van der Waals surface area contributed by atoms with Crippen LogP contribution in [0.4, 0.5) is 0 Å². The van der Waals surface area contributed by atoms with Crippen LogP contribution in [0.2, 0.25) is 0 Å². The number of hydrogen-bond acceptors (Lipinski definition) is 4. The molecule has 0 amide bonds. The molecule has 0 saturated heterocycles. The maximum absolute atomic E-state index is 12.5. The number of carbonyl (C=O) groups is 1. The van der Waals surface area contributed by atoms with Gasteiger partial charge in [0.25, 0.3) is 0 Å². The lowest BCUT2D eigenvalue weighted by atomic mass is 10.1. The Balaban J connectivity index is 2.26. The summed E-state index contributed by atoms with van der Waals surface area (Å²) in [5, 5.41) is 0. The van der Waals surface area contributed by atoms with Crippen LogP contribution in [0.1, 0.15) is 35.3 Å². The van der Waals surface area contributed by atoms with Crippen molar-refractivity contribution in [2.45, 2.75) is 20.8 Å². The highest BCUT2D eigenvalue weighted by Crippen LogP contribution is 2.33. The van der Waals surface area contributed by atoms with Gasteiger partial charge in [0.05, 0.1) is 18.8 Å². The normalized spacial score (nSPS) is 10.6. The van der Waals surface area contributed by atoms with Crippen molar-refractivity contribution in [2.24, 2.45) is 0 Å². The summed E-state index contributed by atoms with van der Waals surface area (Å²) in [7, 11) is 0. The van der Waals surface area contributed by atoms with Gasteiger partial charge in [-0.05, 0) is 68.8 Å². The molecular weight excluding hydrogens is 340 g/mol. The van der Waals surface area contributed by atoms with Crippen LogP contribution in [-0.2, 0) is 0 Å². The summed E-state index contributed by atoms with van der Waals surface area (Å²) in [4.78, 5) is 12.5. The van der Waals surface area contributed by atoms with E-state index in [-0.39, 0.29) is 5.78 Å². The van der Waals surface area contributed by atoms with Gasteiger partial charge in [0.2, 0.25) is 0 Å². The van der Waals surface area contributed by atoms with E-state index >= 15 is 0 Å². The Hall–Kier alpha value is -3.01. The monoisotopic (exact) mass is 366 g/mol. The van der Waals surface area contributed by atoms with E-state index in [1.807, 2.05) is 32.9 Å². The fourth-order valence-electron chi connectivity index (χ4n) is 2.59. The first-order valence-corrected chi connectivity index (χ1v) is 9.06. The van der Waals surface area contributed by atoms with E-state index in [9.17, 15) is 4.79 Å². The minimum absolute atomic E-state index is 0.100. The first kappa shape index (κ1) is 20.3. The predicted octanol–water partition coefficient (Wildman–Crippen LogP) is 5.25. The standard InChI is InChI=1S/C23H26O4/c1-5-16-27-19-11-9-18(10-12-19)21(24)14-13-20-22(25-6-2)15-8-17(4)23(20)26-7-3/h5,8-15H,1,6-7,16H2,2-4H3/b14-13+. The van der Waals surface area contributed by atoms with Crippen molar-refractivity contribution >= 4 is 11.9 Å². The first-order valence-electron chi connectivity index (χ1n) is 9.06. The Kier molecular flexibility index (Phi) is 7.68. The SMILES string of the molecule is C=CCOc1ccc(C(=O)/C=C/c2c(OCC)ccc(C)c2OCC)cc1. The minimum atomic E-state index is -0.100. The summed E-state index contributed by atoms with van der Waals surface area (Å²) in [6.07, 6.45) is 4.97. The Bertz CT molecular complexity index is 804. The molecule has 0 fully saturated rings. The molecule has 0 N–H and O–H groups in total. The molecule has 2 rings (SSSR count). The third-order valence-electron chi connectivity index (χ3n) is 3.85. The summed E-state index contributed by atoms with van der Waals surface area (Å²) in [5.41, 5.74) is 2.36. The number of carbonyl (C=O) groups excluding carboxylic acids is 1. The molecule has 0 aromatic heterocycles. The predicted molar refractivity (Wildman–Crippen MR) is 109 cm³/mol. The van der Waals surface area contributed by atoms with Crippen LogP contribution >= 0.6 is 0 Å². The van der Waals surface area contributed by atoms with E-state index in [4.69, 9.17) is 14.2 Å². The molecule has 0 aliphatic carbocycles. The van der Waals surface area contributed by atoms with Crippen LogP contribution in [0.15, 0.2) is 55.1 Å². The van der Waals surface area contributed by atoms with Crippen molar-refractivity contribution in [1.82, 2.24) is 0 Å². The van der Waals surface area contributed by atoms with Gasteiger partial charge in [0.15, 0.2) is 5.78 Å². The number of ether oxygens (including phenoxy) is 3. The largest absolute Gasteiger partial charge is 0.493 e. The summed E-state index contributed by atoms with van der Waals surface area (Å²) in [5.74, 6) is 2.03. The molecule has 27 heavy (non-hydrogen) atoms. The molecule has 0 radical (unpaired) electrons. The van der Waals surface area contributed by atoms with Gasteiger partial charge in [0.1, 0.15) is 23.9 Å². The maximum atomic E-state index is 12.5. The van der Waals surface area contributed by atoms with Crippen LogP contribution in [-0.4, -0.2) is 25.6 Å². The van der Waals surface area contributed by atoms with Gasteiger partial charge in [-0.15, -0.1) is 0 Å². The second-order valence-corrected chi connectivity index (χ2v) is 5.81. The van der Waals surface area contributed by atoms with Crippen molar-refractivity contribution in [3.63, 3.8) is 0 Å². The average molecular weight is 366 g/mol. The lowest BCUT2D eigenvalue weighted by Gasteiger charge is -2.15. The highest BCUT2D eigenvalue weighted by atomic mass is 16.5. The summed E-state index contributed by atoms with van der Waals surface area (Å²) >= 11 is 0. The molecule has 0 heterocycles. The van der Waals surface area contributed by atoms with E-state index in [1.165, 1.54) is 0 Å². The second kappa shape index (κ2) is 10.2. The topological polar surface area (TPSA) is 44.8 Å². The fraction of sp³-hybridized carbons (Fsp3) is 0.261. The summed E-state index contributed by atoms with van der Waals surface area (Å²) in [6.45, 7) is 11.0. The molecule has 4 nitrogen and oxygen atoms in total. The van der Waals surface area contributed by atoms with Gasteiger partial charge < -0.3 is 14.2 Å². The second-order valence-electron chi connectivity index (χ2n) is 5.81. The van der Waals surface area contributed by atoms with E-state index in [0.29, 0.717) is 36.9 Å². The summed E-state index contributed by atoms with van der Waals surface area (Å²) < 4.78 is 16.9. The number of ketones is 1. The van der Waals surface area contributed by atoms with Crippen LogP contribution in [0.25, 0.3) is 6.08 Å². The van der Waals surface area contributed by atoms with Crippen molar-refractivity contribution in [1.29, 1.82) is 0 Å². The van der Waals surface area contributed by atoms with Crippen molar-refractivity contribution in [3.8, 4) is 17.2 Å². The van der Waals surface area contributed by atoms with Crippen LogP contribution in [0.5, 0.6) is 17.2 Å². The Morgan fingerprint density at radius 1 is 1.00 bits per heavy atom. The maximum Gasteiger partial charge on any atom is 0.185 e. The van der Waals surface area contributed by atoms with Crippen molar-refractivity contribution in [3.05, 3.63) is 71.8 Å². The number of hydrogen-bond donors (Lipinski definition) is 0. The zero-order chi connectivity index (χ0) is 19.6. The molecule has 2 aromatic rings. The van der Waals surface area contributed by atoms with Crippen LogP contribution in [0, 0.1) is 6.92 Å². The third kappa shape index (κ3) is 5.48. The lowest BCUT2D eigenvalue weighted by Crippen LogP contribution is -2.01. The fourth-order valence-corrected chi connectivity index (χ4v) is 2.59. The van der Waals surface area contributed by atoms with Crippen molar-refractivity contribution in [2.75, 3.05) is 19.8 Å². The Morgan fingerprint density at radius 3 is 2.33 bits per heavy atom. The molecule has 142 valence electrons. The van der Waals surface area contributed by atoms with E-state index in [2.05, 4.69) is 6.58 Å². The Labute approximate surface area is 161 Å². The van der Waals surface area contributed by atoms with E-state index < -0.39 is 0 Å². The minimum Gasteiger partial charge on any atom is -0.493 e.